The van der Waals surface area contributed by atoms with E-state index in [1.807, 2.05) is 36.5 Å². The zero-order valence-corrected chi connectivity index (χ0v) is 11.4. The van der Waals surface area contributed by atoms with Crippen molar-refractivity contribution in [3.8, 4) is 0 Å². The normalized spacial score (nSPS) is 12.6. The number of nitrogens with two attached hydrogens (primary N) is 1. The van der Waals surface area contributed by atoms with Crippen molar-refractivity contribution in [1.82, 2.24) is 9.55 Å². The number of nitrogens with one attached hydrogen (secondary N) is 1. The van der Waals surface area contributed by atoms with E-state index in [2.05, 4.69) is 23.4 Å². The predicted octanol–water partition coefficient (Wildman–Crippen LogP) is 2.73. The van der Waals surface area contributed by atoms with E-state index >= 15 is 0 Å². The summed E-state index contributed by atoms with van der Waals surface area (Å²) < 4.78 is 2.09. The van der Waals surface area contributed by atoms with Crippen LogP contribution in [0.1, 0.15) is 37.1 Å². The molecular weight excluding hydrogens is 236 g/mol. The average molecular weight is 256 g/mol. The lowest BCUT2D eigenvalue weighted by Crippen LogP contribution is -2.25. The summed E-state index contributed by atoms with van der Waals surface area (Å²) in [5.74, 6) is 1.48. The molecule has 0 spiro atoms. The molecule has 100 valence electrons. The van der Waals surface area contributed by atoms with E-state index in [1.165, 1.54) is 0 Å². The van der Waals surface area contributed by atoms with Crippen molar-refractivity contribution in [3.63, 3.8) is 0 Å². The first-order chi connectivity index (χ1) is 9.09. The number of imidazole rings is 1. The van der Waals surface area contributed by atoms with E-state index in [1.54, 1.807) is 6.20 Å². The number of nitrogens with zero attached hydrogens (tertiary/aromatic N) is 2. The van der Waals surface area contributed by atoms with E-state index in [-0.39, 0.29) is 11.8 Å². The van der Waals surface area contributed by atoms with Crippen LogP contribution in [0.3, 0.4) is 0 Å². The molecule has 1 aromatic carbocycles. The Morgan fingerprint density at radius 3 is 2.58 bits per heavy atom. The Kier molecular flexibility index (Phi) is 4.00. The van der Waals surface area contributed by atoms with Gasteiger partial charge in [0.25, 0.3) is 0 Å². The first-order valence-electron chi connectivity index (χ1n) is 6.49. The van der Waals surface area contributed by atoms with Crippen molar-refractivity contribution in [2.45, 2.75) is 32.2 Å². The maximum absolute atomic E-state index is 7.81. The Morgan fingerprint density at radius 1 is 1.32 bits per heavy atom. The van der Waals surface area contributed by atoms with Gasteiger partial charge in [0.15, 0.2) is 0 Å². The van der Waals surface area contributed by atoms with Gasteiger partial charge in [0, 0.05) is 24.9 Å². The summed E-state index contributed by atoms with van der Waals surface area (Å²) in [6.45, 7) is 4.89. The molecule has 3 N–H and O–H groups in total. The third-order valence-corrected chi connectivity index (χ3v) is 3.22. The predicted molar refractivity (Wildman–Crippen MR) is 77.4 cm³/mol. The van der Waals surface area contributed by atoms with E-state index in [0.717, 1.165) is 11.4 Å². The highest BCUT2D eigenvalue weighted by atomic mass is 15.1. The van der Waals surface area contributed by atoms with Gasteiger partial charge >= 0.3 is 0 Å². The standard InChI is InChI=1S/C15H20N4/c1-11(2)15-18-8-9-19(15)10-13(14(16)17)12-6-4-3-5-7-12/h3-9,11,13H,10H2,1-2H3,(H3,16,17). The number of amidine groups is 1. The highest BCUT2D eigenvalue weighted by Gasteiger charge is 2.17. The second kappa shape index (κ2) is 5.69. The lowest BCUT2D eigenvalue weighted by molar-refractivity contribution is 0.595. The van der Waals surface area contributed by atoms with Crippen molar-refractivity contribution >= 4 is 5.84 Å². The van der Waals surface area contributed by atoms with Crippen LogP contribution in [0.15, 0.2) is 42.7 Å². The first kappa shape index (κ1) is 13.3. The lowest BCUT2D eigenvalue weighted by Gasteiger charge is -2.19. The summed E-state index contributed by atoms with van der Waals surface area (Å²) in [5.41, 5.74) is 6.83. The highest BCUT2D eigenvalue weighted by molar-refractivity contribution is 5.84. The van der Waals surface area contributed by atoms with Gasteiger partial charge in [0.1, 0.15) is 5.82 Å². The van der Waals surface area contributed by atoms with Crippen LogP contribution < -0.4 is 5.73 Å². The van der Waals surface area contributed by atoms with Gasteiger partial charge in [-0.05, 0) is 5.56 Å². The molecule has 0 bridgehead atoms. The molecule has 1 aromatic heterocycles. The van der Waals surface area contributed by atoms with Crippen LogP contribution in [0.2, 0.25) is 0 Å². The number of benzene rings is 1. The Labute approximate surface area is 113 Å². The molecule has 1 atom stereocenters. The Morgan fingerprint density at radius 2 is 2.00 bits per heavy atom. The molecule has 0 aliphatic rings. The molecule has 0 aliphatic carbocycles. The second-order valence-corrected chi connectivity index (χ2v) is 5.01. The minimum atomic E-state index is -0.104. The molecule has 4 heteroatoms. The maximum Gasteiger partial charge on any atom is 0.111 e. The minimum absolute atomic E-state index is 0.104. The average Bonchev–Trinajstić information content (AvgIpc) is 2.85. The fraction of sp³-hybridized carbons (Fsp3) is 0.333. The van der Waals surface area contributed by atoms with Crippen LogP contribution in [0, 0.1) is 5.41 Å². The Bertz CT molecular complexity index is 542. The van der Waals surface area contributed by atoms with Gasteiger partial charge in [0.2, 0.25) is 0 Å². The van der Waals surface area contributed by atoms with Crippen molar-refractivity contribution in [2.75, 3.05) is 0 Å². The summed E-state index contributed by atoms with van der Waals surface area (Å²) in [7, 11) is 0. The number of hydrogen-bond acceptors (Lipinski definition) is 2. The molecule has 1 heterocycles. The van der Waals surface area contributed by atoms with Crippen molar-refractivity contribution < 1.29 is 0 Å². The molecular formula is C15H20N4. The van der Waals surface area contributed by atoms with E-state index in [4.69, 9.17) is 11.1 Å². The van der Waals surface area contributed by atoms with Gasteiger partial charge in [-0.3, -0.25) is 5.41 Å². The molecule has 0 radical (unpaired) electrons. The highest BCUT2D eigenvalue weighted by Crippen LogP contribution is 2.20. The molecule has 0 amide bonds. The lowest BCUT2D eigenvalue weighted by atomic mass is 9.98. The van der Waals surface area contributed by atoms with Crippen LogP contribution in [0.25, 0.3) is 0 Å². The molecule has 0 aliphatic heterocycles. The summed E-state index contributed by atoms with van der Waals surface area (Å²) >= 11 is 0. The summed E-state index contributed by atoms with van der Waals surface area (Å²) in [6, 6.07) is 9.94. The van der Waals surface area contributed by atoms with Crippen LogP contribution in [0.4, 0.5) is 0 Å². The second-order valence-electron chi connectivity index (χ2n) is 5.01. The van der Waals surface area contributed by atoms with Gasteiger partial charge in [-0.2, -0.15) is 0 Å². The van der Waals surface area contributed by atoms with Crippen LogP contribution in [-0.2, 0) is 6.54 Å². The van der Waals surface area contributed by atoms with Gasteiger partial charge in [-0.25, -0.2) is 4.98 Å². The molecule has 19 heavy (non-hydrogen) atoms. The third-order valence-electron chi connectivity index (χ3n) is 3.22. The Balaban J connectivity index is 2.27. The minimum Gasteiger partial charge on any atom is -0.387 e. The molecule has 0 saturated heterocycles. The summed E-state index contributed by atoms with van der Waals surface area (Å²) in [4.78, 5) is 4.37. The van der Waals surface area contributed by atoms with Gasteiger partial charge in [-0.1, -0.05) is 44.2 Å². The Hall–Kier alpha value is -2.10. The van der Waals surface area contributed by atoms with Crippen molar-refractivity contribution in [2.24, 2.45) is 5.73 Å². The molecule has 2 aromatic rings. The van der Waals surface area contributed by atoms with E-state index in [0.29, 0.717) is 12.5 Å². The fourth-order valence-corrected chi connectivity index (χ4v) is 2.24. The first-order valence-corrected chi connectivity index (χ1v) is 6.49. The van der Waals surface area contributed by atoms with Gasteiger partial charge in [-0.15, -0.1) is 0 Å². The molecule has 4 nitrogen and oxygen atoms in total. The monoisotopic (exact) mass is 256 g/mol. The van der Waals surface area contributed by atoms with Gasteiger partial charge in [0.05, 0.1) is 11.8 Å². The maximum atomic E-state index is 7.81. The van der Waals surface area contributed by atoms with Gasteiger partial charge < -0.3 is 10.3 Å². The van der Waals surface area contributed by atoms with Crippen LogP contribution in [0.5, 0.6) is 0 Å². The molecule has 2 rings (SSSR count). The molecule has 0 fully saturated rings. The molecule has 0 saturated carbocycles. The number of rotatable bonds is 5. The topological polar surface area (TPSA) is 67.7 Å². The largest absolute Gasteiger partial charge is 0.387 e. The van der Waals surface area contributed by atoms with Crippen LogP contribution in [-0.4, -0.2) is 15.4 Å². The van der Waals surface area contributed by atoms with Crippen molar-refractivity contribution in [1.29, 1.82) is 5.41 Å². The van der Waals surface area contributed by atoms with Crippen LogP contribution >= 0.6 is 0 Å². The number of hydrogen-bond donors (Lipinski definition) is 2. The van der Waals surface area contributed by atoms with E-state index in [9.17, 15) is 0 Å². The smallest absolute Gasteiger partial charge is 0.111 e. The number of aromatic nitrogens is 2. The third kappa shape index (κ3) is 3.02. The SMILES string of the molecule is CC(C)c1nccn1CC(C(=N)N)c1ccccc1. The summed E-state index contributed by atoms with van der Waals surface area (Å²) in [5, 5.41) is 7.81. The zero-order chi connectivity index (χ0) is 13.8. The summed E-state index contributed by atoms with van der Waals surface area (Å²) in [6.07, 6.45) is 3.76. The molecule has 1 unspecified atom stereocenters. The quantitative estimate of drug-likeness (QED) is 0.638. The van der Waals surface area contributed by atoms with Crippen molar-refractivity contribution in [3.05, 3.63) is 54.1 Å². The fourth-order valence-electron chi connectivity index (χ4n) is 2.24. The van der Waals surface area contributed by atoms with E-state index < -0.39 is 0 Å². The zero-order valence-electron chi connectivity index (χ0n) is 11.4.